The maximum Gasteiger partial charge on any atom is 0.238 e. The van der Waals surface area contributed by atoms with E-state index in [1.165, 1.54) is 16.6 Å². The summed E-state index contributed by atoms with van der Waals surface area (Å²) in [5.41, 5.74) is 3.66. The Balaban J connectivity index is 0.00000242. The van der Waals surface area contributed by atoms with E-state index in [2.05, 4.69) is 49.2 Å². The molecule has 2 aromatic rings. The van der Waals surface area contributed by atoms with Crippen molar-refractivity contribution in [3.8, 4) is 18.2 Å². The summed E-state index contributed by atoms with van der Waals surface area (Å²) in [5, 5.41) is 1.22. The number of hydrogen-bond donors (Lipinski definition) is 0. The van der Waals surface area contributed by atoms with Crippen molar-refractivity contribution < 1.29 is 4.74 Å². The molecule has 4 heteroatoms. The Morgan fingerprint density at radius 1 is 1.36 bits per heavy atom. The van der Waals surface area contributed by atoms with Gasteiger partial charge in [0, 0.05) is 30.2 Å². The van der Waals surface area contributed by atoms with Crippen molar-refractivity contribution >= 4 is 23.3 Å². The zero-order valence-corrected chi connectivity index (χ0v) is 14.7. The van der Waals surface area contributed by atoms with Gasteiger partial charge in [-0.3, -0.25) is 0 Å². The number of halogens is 1. The second kappa shape index (κ2) is 8.10. The second-order valence-electron chi connectivity index (χ2n) is 5.89. The summed E-state index contributed by atoms with van der Waals surface area (Å²) in [6.07, 6.45) is 8.96. The van der Waals surface area contributed by atoms with Crippen LogP contribution in [0.25, 0.3) is 10.9 Å². The number of hydrogen-bond acceptors (Lipinski definition) is 2. The molecular formula is C18H25ClN2O. The summed E-state index contributed by atoms with van der Waals surface area (Å²) in [7, 11) is 0. The fraction of sp³-hybridized carbons (Fsp3) is 0.500. The standard InChI is InChI=1S/C18H24N2O.ClH/c1-6-7-8-11-20-15(5)14(4)16-9-10-19-18(17(16)20)21-12-13(2)3;/h1,9-10,13H,7-8,11-12H2,2-5H3;1H. The first-order valence-electron chi connectivity index (χ1n) is 7.57. The lowest BCUT2D eigenvalue weighted by Gasteiger charge is -2.12. The fourth-order valence-electron chi connectivity index (χ4n) is 2.53. The van der Waals surface area contributed by atoms with Crippen molar-refractivity contribution in [3.05, 3.63) is 23.5 Å². The quantitative estimate of drug-likeness (QED) is 0.578. The lowest BCUT2D eigenvalue weighted by atomic mass is 10.2. The van der Waals surface area contributed by atoms with E-state index in [0.29, 0.717) is 12.5 Å². The van der Waals surface area contributed by atoms with Gasteiger partial charge in [-0.05, 0) is 37.8 Å². The Morgan fingerprint density at radius 3 is 2.73 bits per heavy atom. The first-order chi connectivity index (χ1) is 10.1. The number of terminal acetylenes is 1. The van der Waals surface area contributed by atoms with E-state index in [1.807, 2.05) is 6.20 Å². The van der Waals surface area contributed by atoms with Crippen LogP contribution in [-0.2, 0) is 6.54 Å². The minimum atomic E-state index is 0. The van der Waals surface area contributed by atoms with Crippen LogP contribution in [0.1, 0.15) is 37.9 Å². The number of ether oxygens (including phenoxy) is 1. The van der Waals surface area contributed by atoms with Gasteiger partial charge in [-0.2, -0.15) is 0 Å². The van der Waals surface area contributed by atoms with Gasteiger partial charge in [0.25, 0.3) is 0 Å². The van der Waals surface area contributed by atoms with Crippen LogP contribution in [0.4, 0.5) is 0 Å². The summed E-state index contributed by atoms with van der Waals surface area (Å²) in [6.45, 7) is 10.2. The van der Waals surface area contributed by atoms with Crippen molar-refractivity contribution in [1.29, 1.82) is 0 Å². The van der Waals surface area contributed by atoms with Gasteiger partial charge in [-0.25, -0.2) is 4.98 Å². The van der Waals surface area contributed by atoms with Crippen LogP contribution in [0.2, 0.25) is 0 Å². The maximum absolute atomic E-state index is 5.92. The molecule has 0 radical (unpaired) electrons. The molecular weight excluding hydrogens is 296 g/mol. The molecule has 0 atom stereocenters. The molecule has 0 saturated carbocycles. The van der Waals surface area contributed by atoms with Crippen LogP contribution in [0.3, 0.4) is 0 Å². The number of nitrogens with zero attached hydrogens (tertiary/aromatic N) is 2. The average Bonchev–Trinajstić information content (AvgIpc) is 2.71. The Morgan fingerprint density at radius 2 is 2.09 bits per heavy atom. The van der Waals surface area contributed by atoms with Gasteiger partial charge in [-0.1, -0.05) is 13.8 Å². The fourth-order valence-corrected chi connectivity index (χ4v) is 2.53. The predicted octanol–water partition coefficient (Wildman–Crippen LogP) is 4.52. The third-order valence-electron chi connectivity index (χ3n) is 3.77. The lowest BCUT2D eigenvalue weighted by Crippen LogP contribution is -2.08. The third-order valence-corrected chi connectivity index (χ3v) is 3.77. The van der Waals surface area contributed by atoms with Gasteiger partial charge in [-0.15, -0.1) is 24.8 Å². The molecule has 0 fully saturated rings. The molecule has 0 aromatic carbocycles. The van der Waals surface area contributed by atoms with Crippen molar-refractivity contribution in [2.24, 2.45) is 5.92 Å². The first kappa shape index (κ1) is 18.4. The molecule has 22 heavy (non-hydrogen) atoms. The van der Waals surface area contributed by atoms with Crippen LogP contribution in [0.15, 0.2) is 12.3 Å². The Bertz CT molecular complexity index is 668. The van der Waals surface area contributed by atoms with Gasteiger partial charge >= 0.3 is 0 Å². The molecule has 120 valence electrons. The van der Waals surface area contributed by atoms with Crippen molar-refractivity contribution in [2.75, 3.05) is 6.61 Å². The van der Waals surface area contributed by atoms with Crippen molar-refractivity contribution in [1.82, 2.24) is 9.55 Å². The largest absolute Gasteiger partial charge is 0.476 e. The molecule has 0 aliphatic carbocycles. The zero-order valence-electron chi connectivity index (χ0n) is 13.8. The highest BCUT2D eigenvalue weighted by Crippen LogP contribution is 2.31. The topological polar surface area (TPSA) is 27.1 Å². The van der Waals surface area contributed by atoms with Crippen LogP contribution in [0, 0.1) is 32.1 Å². The normalized spacial score (nSPS) is 10.5. The number of aryl methyl sites for hydroxylation is 2. The molecule has 2 rings (SSSR count). The number of rotatable bonds is 6. The van der Waals surface area contributed by atoms with Crippen LogP contribution in [-0.4, -0.2) is 16.2 Å². The minimum absolute atomic E-state index is 0. The highest BCUT2D eigenvalue weighted by atomic mass is 35.5. The monoisotopic (exact) mass is 320 g/mol. The maximum atomic E-state index is 5.92. The molecule has 0 spiro atoms. The van der Waals surface area contributed by atoms with Gasteiger partial charge < -0.3 is 9.30 Å². The summed E-state index contributed by atoms with van der Waals surface area (Å²) < 4.78 is 8.22. The molecule has 0 N–H and O–H groups in total. The van der Waals surface area contributed by atoms with E-state index in [0.717, 1.165) is 30.8 Å². The molecule has 0 amide bonds. The Kier molecular flexibility index (Phi) is 6.77. The molecule has 0 aliphatic heterocycles. The highest BCUT2D eigenvalue weighted by Gasteiger charge is 2.16. The summed E-state index contributed by atoms with van der Waals surface area (Å²) in [4.78, 5) is 4.44. The van der Waals surface area contributed by atoms with Crippen LogP contribution < -0.4 is 4.74 Å². The number of unbranched alkanes of at least 4 members (excludes halogenated alkanes) is 1. The van der Waals surface area contributed by atoms with Gasteiger partial charge in [0.1, 0.15) is 5.52 Å². The van der Waals surface area contributed by atoms with Gasteiger partial charge in [0.05, 0.1) is 6.61 Å². The molecule has 0 aliphatic rings. The highest BCUT2D eigenvalue weighted by molar-refractivity contribution is 5.88. The smallest absolute Gasteiger partial charge is 0.238 e. The Labute approximate surface area is 139 Å². The summed E-state index contributed by atoms with van der Waals surface area (Å²) in [5.74, 6) is 3.92. The van der Waals surface area contributed by atoms with Crippen LogP contribution in [0.5, 0.6) is 5.88 Å². The number of pyridine rings is 1. The van der Waals surface area contributed by atoms with Crippen molar-refractivity contribution in [3.63, 3.8) is 0 Å². The number of fused-ring (bicyclic) bond motifs is 1. The Hall–Kier alpha value is -1.66. The molecule has 0 unspecified atom stereocenters. The molecule has 0 saturated heterocycles. The zero-order chi connectivity index (χ0) is 15.4. The average molecular weight is 321 g/mol. The molecule has 2 heterocycles. The van der Waals surface area contributed by atoms with Gasteiger partial charge in [0.15, 0.2) is 0 Å². The summed E-state index contributed by atoms with van der Waals surface area (Å²) in [6, 6.07) is 2.07. The van der Waals surface area contributed by atoms with E-state index >= 15 is 0 Å². The van der Waals surface area contributed by atoms with E-state index in [4.69, 9.17) is 11.2 Å². The van der Waals surface area contributed by atoms with E-state index in [-0.39, 0.29) is 12.4 Å². The molecule has 2 aromatic heterocycles. The molecule has 0 bridgehead atoms. The molecule has 3 nitrogen and oxygen atoms in total. The first-order valence-corrected chi connectivity index (χ1v) is 7.57. The lowest BCUT2D eigenvalue weighted by molar-refractivity contribution is 0.263. The second-order valence-corrected chi connectivity index (χ2v) is 5.89. The van der Waals surface area contributed by atoms with E-state index in [1.54, 1.807) is 0 Å². The predicted molar refractivity (Wildman–Crippen MR) is 94.9 cm³/mol. The summed E-state index contributed by atoms with van der Waals surface area (Å²) >= 11 is 0. The SMILES string of the molecule is C#CCCCn1c(C)c(C)c2ccnc(OCC(C)C)c21.Cl. The van der Waals surface area contributed by atoms with E-state index in [9.17, 15) is 0 Å². The van der Waals surface area contributed by atoms with Crippen molar-refractivity contribution in [2.45, 2.75) is 47.1 Å². The van der Waals surface area contributed by atoms with Crippen LogP contribution >= 0.6 is 12.4 Å². The van der Waals surface area contributed by atoms with E-state index < -0.39 is 0 Å². The minimum Gasteiger partial charge on any atom is -0.476 e. The van der Waals surface area contributed by atoms with Gasteiger partial charge in [0.2, 0.25) is 5.88 Å². The number of aromatic nitrogens is 2. The third kappa shape index (κ3) is 3.75.